The summed E-state index contributed by atoms with van der Waals surface area (Å²) in [4.78, 5) is 0. The first-order chi connectivity index (χ1) is 6.90. The first kappa shape index (κ1) is 8.52. The van der Waals surface area contributed by atoms with Crippen LogP contribution < -0.4 is 0 Å². The van der Waals surface area contributed by atoms with Crippen LogP contribution in [0.15, 0.2) is 36.7 Å². The van der Waals surface area contributed by atoms with Crippen LogP contribution in [-0.4, -0.2) is 10.2 Å². The minimum atomic E-state index is 0.464. The van der Waals surface area contributed by atoms with Crippen molar-refractivity contribution < 1.29 is 0 Å². The van der Waals surface area contributed by atoms with Crippen LogP contribution in [0.1, 0.15) is 5.56 Å². The Morgan fingerprint density at radius 2 is 2.00 bits per heavy atom. The molecule has 0 aliphatic carbocycles. The van der Waals surface area contributed by atoms with E-state index in [0.29, 0.717) is 6.42 Å². The van der Waals surface area contributed by atoms with Crippen LogP contribution in [0.3, 0.4) is 0 Å². The summed E-state index contributed by atoms with van der Waals surface area (Å²) in [7, 11) is 0. The number of rotatable bonds is 2. The van der Waals surface area contributed by atoms with Crippen LogP contribution in [0.25, 0.3) is 11.1 Å². The third-order valence-corrected chi connectivity index (χ3v) is 2.07. The average Bonchev–Trinajstić information content (AvgIpc) is 2.72. The van der Waals surface area contributed by atoms with Crippen molar-refractivity contribution in [3.8, 4) is 17.2 Å². The Hall–Kier alpha value is -2.08. The van der Waals surface area contributed by atoms with Crippen molar-refractivity contribution in [2.24, 2.45) is 0 Å². The molecule has 0 aliphatic rings. The van der Waals surface area contributed by atoms with Gasteiger partial charge in [-0.05, 0) is 11.1 Å². The number of H-pyrrole nitrogens is 1. The molecule has 0 spiro atoms. The second kappa shape index (κ2) is 3.75. The van der Waals surface area contributed by atoms with Crippen molar-refractivity contribution in [1.82, 2.24) is 10.2 Å². The molecule has 0 fully saturated rings. The van der Waals surface area contributed by atoms with Gasteiger partial charge in [0.15, 0.2) is 0 Å². The number of hydrogen-bond acceptors (Lipinski definition) is 2. The highest BCUT2D eigenvalue weighted by molar-refractivity contribution is 5.61. The molecule has 2 aromatic rings. The van der Waals surface area contributed by atoms with Gasteiger partial charge < -0.3 is 0 Å². The molecule has 3 nitrogen and oxygen atoms in total. The molecule has 1 aromatic heterocycles. The molecule has 0 radical (unpaired) electrons. The number of nitriles is 1. The fourth-order valence-corrected chi connectivity index (χ4v) is 1.32. The number of hydrogen-bond donors (Lipinski definition) is 1. The highest BCUT2D eigenvalue weighted by atomic mass is 15.1. The molecule has 0 saturated heterocycles. The molecule has 3 heteroatoms. The van der Waals surface area contributed by atoms with Gasteiger partial charge in [-0.15, -0.1) is 0 Å². The summed E-state index contributed by atoms with van der Waals surface area (Å²) in [6, 6.07) is 10.0. The topological polar surface area (TPSA) is 52.5 Å². The molecule has 2 rings (SSSR count). The third kappa shape index (κ3) is 1.64. The quantitative estimate of drug-likeness (QED) is 0.775. The number of nitrogens with one attached hydrogen (secondary N) is 1. The standard InChI is InChI=1S/C11H9N3/c12-6-5-9-1-3-10(4-2-9)11-7-13-14-8-11/h1-4,7-8H,5H2,(H,13,14). The summed E-state index contributed by atoms with van der Waals surface area (Å²) in [5.74, 6) is 0. The summed E-state index contributed by atoms with van der Waals surface area (Å²) >= 11 is 0. The predicted octanol–water partition coefficient (Wildman–Crippen LogP) is 2.14. The van der Waals surface area contributed by atoms with Gasteiger partial charge in [0, 0.05) is 11.8 Å². The molecule has 0 bridgehead atoms. The summed E-state index contributed by atoms with van der Waals surface area (Å²) in [6.07, 6.45) is 4.09. The number of benzene rings is 1. The minimum absolute atomic E-state index is 0.464. The van der Waals surface area contributed by atoms with Crippen LogP contribution >= 0.6 is 0 Å². The van der Waals surface area contributed by atoms with Gasteiger partial charge in [-0.25, -0.2) is 0 Å². The average molecular weight is 183 g/mol. The van der Waals surface area contributed by atoms with E-state index in [1.165, 1.54) is 0 Å². The Morgan fingerprint density at radius 3 is 2.57 bits per heavy atom. The SMILES string of the molecule is N#CCc1ccc(-c2cn[nH]c2)cc1. The van der Waals surface area contributed by atoms with Crippen LogP contribution in [0.4, 0.5) is 0 Å². The Kier molecular flexibility index (Phi) is 2.28. The second-order valence-corrected chi connectivity index (χ2v) is 3.02. The van der Waals surface area contributed by atoms with E-state index in [1.54, 1.807) is 6.20 Å². The van der Waals surface area contributed by atoms with Crippen LogP contribution in [0.2, 0.25) is 0 Å². The monoisotopic (exact) mass is 183 g/mol. The number of nitrogens with zero attached hydrogens (tertiary/aromatic N) is 2. The summed E-state index contributed by atoms with van der Waals surface area (Å²) in [6.45, 7) is 0. The van der Waals surface area contributed by atoms with Crippen LogP contribution in [0.5, 0.6) is 0 Å². The van der Waals surface area contributed by atoms with Gasteiger partial charge in [-0.3, -0.25) is 5.10 Å². The molecule has 14 heavy (non-hydrogen) atoms. The van der Waals surface area contributed by atoms with E-state index < -0.39 is 0 Å². The predicted molar refractivity (Wildman–Crippen MR) is 53.3 cm³/mol. The van der Waals surface area contributed by atoms with E-state index in [4.69, 9.17) is 5.26 Å². The zero-order valence-corrected chi connectivity index (χ0v) is 7.57. The maximum Gasteiger partial charge on any atom is 0.0669 e. The molecule has 0 saturated carbocycles. The smallest absolute Gasteiger partial charge is 0.0669 e. The zero-order chi connectivity index (χ0) is 9.80. The summed E-state index contributed by atoms with van der Waals surface area (Å²) < 4.78 is 0. The van der Waals surface area contributed by atoms with Crippen molar-refractivity contribution in [2.45, 2.75) is 6.42 Å². The lowest BCUT2D eigenvalue weighted by Gasteiger charge is -1.97. The Morgan fingerprint density at radius 1 is 1.21 bits per heavy atom. The maximum atomic E-state index is 8.51. The molecule has 0 unspecified atom stereocenters. The van der Waals surface area contributed by atoms with E-state index >= 15 is 0 Å². The molecule has 1 heterocycles. The first-order valence-corrected chi connectivity index (χ1v) is 4.35. The lowest BCUT2D eigenvalue weighted by molar-refractivity contribution is 1.09. The normalized spacial score (nSPS) is 9.64. The largest absolute Gasteiger partial charge is 0.285 e. The highest BCUT2D eigenvalue weighted by Crippen LogP contribution is 2.17. The maximum absolute atomic E-state index is 8.51. The molecule has 1 aromatic carbocycles. The Bertz CT molecular complexity index is 434. The van der Waals surface area contributed by atoms with Crippen LogP contribution in [0, 0.1) is 11.3 Å². The summed E-state index contributed by atoms with van der Waals surface area (Å²) in [5.41, 5.74) is 3.22. The van der Waals surface area contributed by atoms with Gasteiger partial charge in [0.1, 0.15) is 0 Å². The Balaban J connectivity index is 2.27. The van der Waals surface area contributed by atoms with Gasteiger partial charge in [-0.1, -0.05) is 24.3 Å². The van der Waals surface area contributed by atoms with E-state index in [9.17, 15) is 0 Å². The van der Waals surface area contributed by atoms with Gasteiger partial charge in [0.25, 0.3) is 0 Å². The zero-order valence-electron chi connectivity index (χ0n) is 7.57. The van der Waals surface area contributed by atoms with Crippen molar-refractivity contribution in [3.05, 3.63) is 42.2 Å². The van der Waals surface area contributed by atoms with Crippen molar-refractivity contribution in [2.75, 3.05) is 0 Å². The minimum Gasteiger partial charge on any atom is -0.285 e. The van der Waals surface area contributed by atoms with E-state index in [-0.39, 0.29) is 0 Å². The Labute approximate surface area is 82.0 Å². The molecular formula is C11H9N3. The first-order valence-electron chi connectivity index (χ1n) is 4.35. The van der Waals surface area contributed by atoms with E-state index in [0.717, 1.165) is 16.7 Å². The van der Waals surface area contributed by atoms with Gasteiger partial charge >= 0.3 is 0 Å². The lowest BCUT2D eigenvalue weighted by atomic mass is 10.1. The van der Waals surface area contributed by atoms with Crippen LogP contribution in [-0.2, 0) is 6.42 Å². The lowest BCUT2D eigenvalue weighted by Crippen LogP contribution is -1.81. The van der Waals surface area contributed by atoms with Gasteiger partial charge in [0.05, 0.1) is 18.7 Å². The van der Waals surface area contributed by atoms with Gasteiger partial charge in [0.2, 0.25) is 0 Å². The van der Waals surface area contributed by atoms with Crippen molar-refractivity contribution in [3.63, 3.8) is 0 Å². The summed E-state index contributed by atoms with van der Waals surface area (Å²) in [5, 5.41) is 15.2. The van der Waals surface area contributed by atoms with E-state index in [1.807, 2.05) is 30.5 Å². The van der Waals surface area contributed by atoms with E-state index in [2.05, 4.69) is 16.3 Å². The third-order valence-electron chi connectivity index (χ3n) is 2.07. The second-order valence-electron chi connectivity index (χ2n) is 3.02. The molecule has 68 valence electrons. The molecule has 0 aliphatic heterocycles. The van der Waals surface area contributed by atoms with Gasteiger partial charge in [-0.2, -0.15) is 10.4 Å². The molecule has 0 amide bonds. The highest BCUT2D eigenvalue weighted by Gasteiger charge is 1.98. The number of aromatic amines is 1. The molecule has 1 N–H and O–H groups in total. The fourth-order valence-electron chi connectivity index (χ4n) is 1.32. The molecule has 0 atom stereocenters. The van der Waals surface area contributed by atoms with Crippen molar-refractivity contribution >= 4 is 0 Å². The fraction of sp³-hybridized carbons (Fsp3) is 0.0909. The van der Waals surface area contributed by atoms with Crippen molar-refractivity contribution in [1.29, 1.82) is 5.26 Å². The number of aromatic nitrogens is 2. The molecular weight excluding hydrogens is 174 g/mol.